The summed E-state index contributed by atoms with van der Waals surface area (Å²) >= 11 is 0. The normalized spacial score (nSPS) is 11.0. The van der Waals surface area contributed by atoms with E-state index in [4.69, 9.17) is 4.98 Å². The van der Waals surface area contributed by atoms with Gasteiger partial charge < -0.3 is 9.80 Å². The van der Waals surface area contributed by atoms with Gasteiger partial charge in [-0.15, -0.1) is 0 Å². The predicted octanol–water partition coefficient (Wildman–Crippen LogP) is 5.90. The SMILES string of the molecule is CCN(CC)c1cc(-c2nccc3ccccc23)c(C)c(N(CC)CC)c1. The number of nitrogens with zero attached hydrogens (tertiary/aromatic N) is 3. The molecule has 0 amide bonds. The highest BCUT2D eigenvalue weighted by Gasteiger charge is 2.17. The van der Waals surface area contributed by atoms with E-state index in [0.717, 1.165) is 31.9 Å². The van der Waals surface area contributed by atoms with Crippen molar-refractivity contribution < 1.29 is 0 Å². The van der Waals surface area contributed by atoms with Crippen molar-refractivity contribution in [3.8, 4) is 11.3 Å². The van der Waals surface area contributed by atoms with Gasteiger partial charge in [-0.3, -0.25) is 4.98 Å². The maximum absolute atomic E-state index is 4.81. The Hall–Kier alpha value is -2.55. The Labute approximate surface area is 163 Å². The minimum absolute atomic E-state index is 1.000. The lowest BCUT2D eigenvalue weighted by Gasteiger charge is -2.29. The predicted molar refractivity (Wildman–Crippen MR) is 119 cm³/mol. The van der Waals surface area contributed by atoms with Gasteiger partial charge >= 0.3 is 0 Å². The van der Waals surface area contributed by atoms with E-state index in [9.17, 15) is 0 Å². The van der Waals surface area contributed by atoms with Crippen LogP contribution in [0.5, 0.6) is 0 Å². The van der Waals surface area contributed by atoms with Crippen molar-refractivity contribution in [3.63, 3.8) is 0 Å². The van der Waals surface area contributed by atoms with Gasteiger partial charge in [0.2, 0.25) is 0 Å². The van der Waals surface area contributed by atoms with Gasteiger partial charge in [0.05, 0.1) is 5.69 Å². The molecule has 142 valence electrons. The molecule has 1 aromatic heterocycles. The van der Waals surface area contributed by atoms with Crippen molar-refractivity contribution in [1.29, 1.82) is 0 Å². The van der Waals surface area contributed by atoms with Crippen LogP contribution < -0.4 is 9.80 Å². The third kappa shape index (κ3) is 3.64. The maximum atomic E-state index is 4.81. The molecule has 1 heterocycles. The molecule has 0 radical (unpaired) electrons. The zero-order chi connectivity index (χ0) is 19.4. The van der Waals surface area contributed by atoms with Crippen LogP contribution in [0.3, 0.4) is 0 Å². The summed E-state index contributed by atoms with van der Waals surface area (Å²) in [6.07, 6.45) is 1.93. The minimum Gasteiger partial charge on any atom is -0.372 e. The van der Waals surface area contributed by atoms with Crippen LogP contribution in [0.4, 0.5) is 11.4 Å². The number of aromatic nitrogens is 1. The van der Waals surface area contributed by atoms with Crippen LogP contribution in [0.2, 0.25) is 0 Å². The molecule has 27 heavy (non-hydrogen) atoms. The van der Waals surface area contributed by atoms with Crippen molar-refractivity contribution in [2.24, 2.45) is 0 Å². The molecule has 0 atom stereocenters. The second kappa shape index (κ2) is 8.43. The number of hydrogen-bond acceptors (Lipinski definition) is 3. The lowest BCUT2D eigenvalue weighted by molar-refractivity contribution is 0.849. The Bertz CT molecular complexity index is 903. The van der Waals surface area contributed by atoms with Gasteiger partial charge in [-0.05, 0) is 63.8 Å². The Kier molecular flexibility index (Phi) is 6.00. The smallest absolute Gasteiger partial charge is 0.0784 e. The number of benzene rings is 2. The molecule has 3 rings (SSSR count). The summed E-state index contributed by atoms with van der Waals surface area (Å²) in [7, 11) is 0. The van der Waals surface area contributed by atoms with Crippen LogP contribution in [0, 0.1) is 6.92 Å². The Morgan fingerprint density at radius 2 is 1.48 bits per heavy atom. The fourth-order valence-electron chi connectivity index (χ4n) is 3.93. The Morgan fingerprint density at radius 3 is 2.15 bits per heavy atom. The molecule has 0 unspecified atom stereocenters. The maximum Gasteiger partial charge on any atom is 0.0784 e. The van der Waals surface area contributed by atoms with E-state index >= 15 is 0 Å². The quantitative estimate of drug-likeness (QED) is 0.522. The number of fused-ring (bicyclic) bond motifs is 1. The first-order valence-electron chi connectivity index (χ1n) is 10.1. The molecular formula is C24H31N3. The summed E-state index contributed by atoms with van der Waals surface area (Å²) in [6, 6.07) is 15.3. The molecule has 2 aromatic carbocycles. The van der Waals surface area contributed by atoms with Crippen LogP contribution >= 0.6 is 0 Å². The van der Waals surface area contributed by atoms with Gasteiger partial charge in [0.15, 0.2) is 0 Å². The summed E-state index contributed by atoms with van der Waals surface area (Å²) in [6.45, 7) is 15.1. The molecule has 0 aliphatic carbocycles. The Balaban J connectivity index is 2.30. The third-order valence-corrected chi connectivity index (χ3v) is 5.53. The van der Waals surface area contributed by atoms with Crippen molar-refractivity contribution in [1.82, 2.24) is 4.98 Å². The number of rotatable bonds is 7. The van der Waals surface area contributed by atoms with Gasteiger partial charge in [0, 0.05) is 54.7 Å². The molecule has 0 spiro atoms. The van der Waals surface area contributed by atoms with Crippen LogP contribution in [-0.2, 0) is 0 Å². The average Bonchev–Trinajstić information content (AvgIpc) is 2.71. The number of anilines is 2. The second-order valence-corrected chi connectivity index (χ2v) is 6.86. The second-order valence-electron chi connectivity index (χ2n) is 6.86. The van der Waals surface area contributed by atoms with Crippen LogP contribution in [0.25, 0.3) is 22.0 Å². The van der Waals surface area contributed by atoms with E-state index in [1.165, 1.54) is 33.3 Å². The number of hydrogen-bond donors (Lipinski definition) is 0. The lowest BCUT2D eigenvalue weighted by Crippen LogP contribution is -2.25. The molecule has 3 aromatic rings. The molecule has 0 saturated heterocycles. The first kappa shape index (κ1) is 19.2. The zero-order valence-electron chi connectivity index (χ0n) is 17.3. The molecule has 0 saturated carbocycles. The number of pyridine rings is 1. The van der Waals surface area contributed by atoms with Crippen molar-refractivity contribution in [3.05, 3.63) is 54.2 Å². The summed E-state index contributed by atoms with van der Waals surface area (Å²) in [5.74, 6) is 0. The fourth-order valence-corrected chi connectivity index (χ4v) is 3.93. The van der Waals surface area contributed by atoms with E-state index in [-0.39, 0.29) is 0 Å². The fraction of sp³-hybridized carbons (Fsp3) is 0.375. The summed E-state index contributed by atoms with van der Waals surface area (Å²) in [5, 5.41) is 2.45. The largest absolute Gasteiger partial charge is 0.372 e. The van der Waals surface area contributed by atoms with Crippen LogP contribution in [-0.4, -0.2) is 31.2 Å². The lowest BCUT2D eigenvalue weighted by atomic mass is 9.97. The van der Waals surface area contributed by atoms with Gasteiger partial charge in [0.1, 0.15) is 0 Å². The molecule has 3 nitrogen and oxygen atoms in total. The zero-order valence-corrected chi connectivity index (χ0v) is 17.3. The van der Waals surface area contributed by atoms with E-state index in [1.54, 1.807) is 0 Å². The topological polar surface area (TPSA) is 19.4 Å². The van der Waals surface area contributed by atoms with E-state index in [1.807, 2.05) is 6.20 Å². The average molecular weight is 362 g/mol. The highest BCUT2D eigenvalue weighted by atomic mass is 15.1. The first-order chi connectivity index (χ1) is 13.1. The third-order valence-electron chi connectivity index (χ3n) is 5.53. The van der Waals surface area contributed by atoms with Crippen molar-refractivity contribution >= 4 is 22.1 Å². The molecule has 0 aliphatic heterocycles. The molecular weight excluding hydrogens is 330 g/mol. The van der Waals surface area contributed by atoms with E-state index < -0.39 is 0 Å². The monoisotopic (exact) mass is 361 g/mol. The molecule has 0 fully saturated rings. The summed E-state index contributed by atoms with van der Waals surface area (Å²) < 4.78 is 0. The molecule has 0 aliphatic rings. The Morgan fingerprint density at radius 1 is 0.815 bits per heavy atom. The molecule has 0 bridgehead atoms. The molecule has 3 heteroatoms. The summed E-state index contributed by atoms with van der Waals surface area (Å²) in [5.41, 5.74) is 6.20. The van der Waals surface area contributed by atoms with E-state index in [0.29, 0.717) is 0 Å². The first-order valence-corrected chi connectivity index (χ1v) is 10.1. The van der Waals surface area contributed by atoms with Crippen molar-refractivity contribution in [2.45, 2.75) is 34.6 Å². The van der Waals surface area contributed by atoms with Crippen LogP contribution in [0.15, 0.2) is 48.7 Å². The minimum atomic E-state index is 1.000. The molecule has 0 N–H and O–H groups in total. The highest BCUT2D eigenvalue weighted by molar-refractivity contribution is 5.96. The van der Waals surface area contributed by atoms with Crippen molar-refractivity contribution in [2.75, 3.05) is 36.0 Å². The van der Waals surface area contributed by atoms with Crippen LogP contribution in [0.1, 0.15) is 33.3 Å². The van der Waals surface area contributed by atoms with Gasteiger partial charge in [-0.1, -0.05) is 24.3 Å². The van der Waals surface area contributed by atoms with Gasteiger partial charge in [-0.25, -0.2) is 0 Å². The standard InChI is InChI=1S/C24H31N3/c1-6-26(7-2)20-16-22(18(5)23(17-20)27(8-3)9-4)24-21-13-11-10-12-19(21)14-15-25-24/h10-17H,6-9H2,1-5H3. The highest BCUT2D eigenvalue weighted by Crippen LogP contribution is 2.37. The van der Waals surface area contributed by atoms with Gasteiger partial charge in [-0.2, -0.15) is 0 Å². The van der Waals surface area contributed by atoms with Gasteiger partial charge in [0.25, 0.3) is 0 Å². The van der Waals surface area contributed by atoms with E-state index in [2.05, 4.69) is 86.9 Å². The summed E-state index contributed by atoms with van der Waals surface area (Å²) in [4.78, 5) is 9.66.